The van der Waals surface area contributed by atoms with Crippen molar-refractivity contribution in [3.05, 3.63) is 42.3 Å². The maximum atomic E-state index is 14.1. The molecule has 11 heteroatoms. The molecule has 1 saturated heterocycles. The van der Waals surface area contributed by atoms with Gasteiger partial charge in [0.15, 0.2) is 5.41 Å². The molecule has 0 aromatic carbocycles. The second-order valence-corrected chi connectivity index (χ2v) is 6.58. The van der Waals surface area contributed by atoms with E-state index in [1.54, 1.807) is 30.0 Å². The van der Waals surface area contributed by atoms with E-state index in [1.165, 1.54) is 12.4 Å². The molecule has 8 nitrogen and oxygen atoms in total. The Morgan fingerprint density at radius 1 is 1.21 bits per heavy atom. The van der Waals surface area contributed by atoms with Crippen molar-refractivity contribution in [2.75, 3.05) is 23.7 Å². The minimum absolute atomic E-state index is 0.0717. The van der Waals surface area contributed by atoms with E-state index in [4.69, 9.17) is 10.3 Å². The molecule has 1 fully saturated rings. The summed E-state index contributed by atoms with van der Waals surface area (Å²) in [6.07, 6.45) is -1.92. The van der Waals surface area contributed by atoms with Crippen LogP contribution in [-0.2, 0) is 5.41 Å². The van der Waals surface area contributed by atoms with E-state index in [0.717, 1.165) is 0 Å². The van der Waals surface area contributed by atoms with Crippen molar-refractivity contribution < 1.29 is 17.7 Å². The van der Waals surface area contributed by atoms with E-state index < -0.39 is 17.5 Å². The summed E-state index contributed by atoms with van der Waals surface area (Å²) < 4.78 is 47.4. The maximum Gasteiger partial charge on any atom is 0.405 e. The Morgan fingerprint density at radius 3 is 2.71 bits per heavy atom. The molecule has 1 atom stereocenters. The standard InChI is InChI=1S/C17H16F3N7O/c1-10-23-8-11(13(21)24-10)14-25-15(28-26-14)16(17(18,19)20)5-7-27(9-16)12-4-2-3-6-22-12/h2-4,6,8H,5,7,9H2,1H3,(H2,21,23,24). The average Bonchev–Trinajstić information content (AvgIpc) is 3.30. The smallest absolute Gasteiger partial charge is 0.383 e. The molecule has 0 aliphatic carbocycles. The van der Waals surface area contributed by atoms with Crippen LogP contribution in [0.25, 0.3) is 11.4 Å². The van der Waals surface area contributed by atoms with Gasteiger partial charge >= 0.3 is 6.18 Å². The molecule has 1 aliphatic heterocycles. The first kappa shape index (κ1) is 18.1. The molecule has 0 radical (unpaired) electrons. The summed E-state index contributed by atoms with van der Waals surface area (Å²) >= 11 is 0. The Bertz CT molecular complexity index is 992. The summed E-state index contributed by atoms with van der Waals surface area (Å²) in [6.45, 7) is 1.43. The Morgan fingerprint density at radius 2 is 2.04 bits per heavy atom. The zero-order valence-corrected chi connectivity index (χ0v) is 14.8. The molecule has 146 valence electrons. The number of anilines is 2. The van der Waals surface area contributed by atoms with E-state index in [9.17, 15) is 13.2 Å². The van der Waals surface area contributed by atoms with Crippen molar-refractivity contribution in [1.82, 2.24) is 25.1 Å². The number of alkyl halides is 3. The molecule has 1 aliphatic rings. The quantitative estimate of drug-likeness (QED) is 0.726. The Kier molecular flexibility index (Phi) is 4.16. The van der Waals surface area contributed by atoms with Crippen LogP contribution in [-0.4, -0.2) is 44.4 Å². The van der Waals surface area contributed by atoms with Gasteiger partial charge in [-0.25, -0.2) is 15.0 Å². The highest BCUT2D eigenvalue weighted by Crippen LogP contribution is 2.48. The van der Waals surface area contributed by atoms with Gasteiger partial charge in [-0.2, -0.15) is 18.2 Å². The van der Waals surface area contributed by atoms with Crippen molar-refractivity contribution in [3.8, 4) is 11.4 Å². The second kappa shape index (κ2) is 6.43. The predicted octanol–water partition coefficient (Wildman–Crippen LogP) is 2.52. The molecule has 4 rings (SSSR count). The molecule has 0 bridgehead atoms. The summed E-state index contributed by atoms with van der Waals surface area (Å²) in [6, 6.07) is 5.09. The summed E-state index contributed by atoms with van der Waals surface area (Å²) in [5.41, 5.74) is 3.75. The molecule has 3 aromatic heterocycles. The Balaban J connectivity index is 1.71. The topological polar surface area (TPSA) is 107 Å². The molecule has 3 aromatic rings. The highest BCUT2D eigenvalue weighted by Gasteiger charge is 2.63. The number of pyridine rings is 1. The fourth-order valence-electron chi connectivity index (χ4n) is 3.26. The normalized spacial score (nSPS) is 19.9. The summed E-state index contributed by atoms with van der Waals surface area (Å²) in [5.74, 6) is 0.381. The van der Waals surface area contributed by atoms with Crippen LogP contribution in [0.5, 0.6) is 0 Å². The number of nitrogens with two attached hydrogens (primary N) is 1. The van der Waals surface area contributed by atoms with Crippen LogP contribution in [0.2, 0.25) is 0 Å². The average molecular weight is 391 g/mol. The first-order valence-corrected chi connectivity index (χ1v) is 8.46. The maximum absolute atomic E-state index is 14.1. The van der Waals surface area contributed by atoms with Gasteiger partial charge in [0.1, 0.15) is 17.5 Å². The Hall–Kier alpha value is -3.24. The largest absolute Gasteiger partial charge is 0.405 e. The number of rotatable bonds is 3. The molecule has 2 N–H and O–H groups in total. The van der Waals surface area contributed by atoms with Crippen LogP contribution < -0.4 is 10.6 Å². The summed E-state index contributed by atoms with van der Waals surface area (Å²) in [7, 11) is 0. The minimum atomic E-state index is -4.59. The summed E-state index contributed by atoms with van der Waals surface area (Å²) in [4.78, 5) is 17.7. The van der Waals surface area contributed by atoms with E-state index in [0.29, 0.717) is 11.6 Å². The van der Waals surface area contributed by atoms with Gasteiger partial charge in [-0.1, -0.05) is 11.2 Å². The molecule has 0 saturated carbocycles. The number of halogens is 3. The van der Waals surface area contributed by atoms with Crippen molar-refractivity contribution in [1.29, 1.82) is 0 Å². The lowest BCUT2D eigenvalue weighted by molar-refractivity contribution is -0.191. The zero-order valence-electron chi connectivity index (χ0n) is 14.8. The molecule has 28 heavy (non-hydrogen) atoms. The van der Waals surface area contributed by atoms with Gasteiger partial charge in [-0.05, 0) is 25.5 Å². The lowest BCUT2D eigenvalue weighted by Gasteiger charge is -2.28. The zero-order chi connectivity index (χ0) is 19.9. The van der Waals surface area contributed by atoms with Crippen LogP contribution in [0.4, 0.5) is 24.8 Å². The number of aryl methyl sites for hydroxylation is 1. The fraction of sp³-hybridized carbons (Fsp3) is 0.353. The highest BCUT2D eigenvalue weighted by atomic mass is 19.4. The number of nitrogen functional groups attached to an aromatic ring is 1. The molecule has 0 spiro atoms. The van der Waals surface area contributed by atoms with E-state index in [2.05, 4.69) is 25.1 Å². The highest BCUT2D eigenvalue weighted by molar-refractivity contribution is 5.66. The first-order chi connectivity index (χ1) is 13.3. The van der Waals surface area contributed by atoms with Gasteiger partial charge < -0.3 is 15.2 Å². The van der Waals surface area contributed by atoms with Gasteiger partial charge in [0.25, 0.3) is 0 Å². The van der Waals surface area contributed by atoms with Crippen LogP contribution in [0.3, 0.4) is 0 Å². The van der Waals surface area contributed by atoms with Crippen LogP contribution in [0.1, 0.15) is 18.1 Å². The van der Waals surface area contributed by atoms with Gasteiger partial charge in [0.05, 0.1) is 5.56 Å². The number of hydrogen-bond acceptors (Lipinski definition) is 8. The minimum Gasteiger partial charge on any atom is -0.383 e. The first-order valence-electron chi connectivity index (χ1n) is 8.46. The molecule has 4 heterocycles. The third kappa shape index (κ3) is 2.92. The fourth-order valence-corrected chi connectivity index (χ4v) is 3.26. The molecule has 0 amide bonds. The van der Waals surface area contributed by atoms with E-state index in [-0.39, 0.29) is 36.7 Å². The van der Waals surface area contributed by atoms with E-state index in [1.807, 2.05) is 0 Å². The van der Waals surface area contributed by atoms with Crippen molar-refractivity contribution in [3.63, 3.8) is 0 Å². The molecular weight excluding hydrogens is 375 g/mol. The van der Waals surface area contributed by atoms with Crippen LogP contribution in [0.15, 0.2) is 35.1 Å². The van der Waals surface area contributed by atoms with Gasteiger partial charge in [-0.15, -0.1) is 0 Å². The third-order valence-corrected chi connectivity index (χ3v) is 4.80. The lowest BCUT2D eigenvalue weighted by atomic mass is 9.86. The molecule has 1 unspecified atom stereocenters. The lowest BCUT2D eigenvalue weighted by Crippen LogP contribution is -2.45. The van der Waals surface area contributed by atoms with Crippen molar-refractivity contribution >= 4 is 11.6 Å². The Labute approximate surface area is 157 Å². The van der Waals surface area contributed by atoms with Crippen LogP contribution >= 0.6 is 0 Å². The van der Waals surface area contributed by atoms with Gasteiger partial charge in [-0.3, -0.25) is 0 Å². The number of aromatic nitrogens is 5. The number of hydrogen-bond donors (Lipinski definition) is 1. The second-order valence-electron chi connectivity index (χ2n) is 6.58. The van der Waals surface area contributed by atoms with Crippen LogP contribution in [0, 0.1) is 6.92 Å². The third-order valence-electron chi connectivity index (χ3n) is 4.80. The number of nitrogens with zero attached hydrogens (tertiary/aromatic N) is 6. The van der Waals surface area contributed by atoms with Crippen molar-refractivity contribution in [2.24, 2.45) is 0 Å². The van der Waals surface area contributed by atoms with E-state index >= 15 is 0 Å². The monoisotopic (exact) mass is 391 g/mol. The van der Waals surface area contributed by atoms with Gasteiger partial charge in [0.2, 0.25) is 11.7 Å². The van der Waals surface area contributed by atoms with Gasteiger partial charge in [0, 0.05) is 25.5 Å². The predicted molar refractivity (Wildman–Crippen MR) is 93.3 cm³/mol. The summed E-state index contributed by atoms with van der Waals surface area (Å²) in [5, 5.41) is 3.70. The SMILES string of the molecule is Cc1ncc(-c2noc(C3(C(F)(F)F)CCN(c4ccccn4)C3)n2)c(N)n1. The van der Waals surface area contributed by atoms with Crippen molar-refractivity contribution in [2.45, 2.75) is 24.9 Å². The molecular formula is C17H16F3N7O.